The van der Waals surface area contributed by atoms with Crippen molar-refractivity contribution in [1.82, 2.24) is 0 Å². The van der Waals surface area contributed by atoms with E-state index in [0.717, 1.165) is 78.6 Å². The van der Waals surface area contributed by atoms with E-state index in [-0.39, 0.29) is 0 Å². The summed E-state index contributed by atoms with van der Waals surface area (Å²) in [5, 5.41) is 0. The molecule has 3 heterocycles. The third-order valence-corrected chi connectivity index (χ3v) is 8.83. The van der Waals surface area contributed by atoms with Crippen LogP contribution in [0.5, 0.6) is 17.2 Å². The van der Waals surface area contributed by atoms with Gasteiger partial charge in [0.05, 0.1) is 58.0 Å². The van der Waals surface area contributed by atoms with Crippen molar-refractivity contribution >= 4 is 0 Å². The minimum Gasteiger partial charge on any atom is -0.493 e. The van der Waals surface area contributed by atoms with E-state index in [4.69, 9.17) is 28.4 Å². The maximum Gasteiger partial charge on any atom is 0.125 e. The van der Waals surface area contributed by atoms with E-state index in [1.54, 1.807) is 0 Å². The van der Waals surface area contributed by atoms with Crippen LogP contribution in [-0.2, 0) is 19.6 Å². The molecule has 0 aliphatic carbocycles. The van der Waals surface area contributed by atoms with Gasteiger partial charge in [0, 0.05) is 24.7 Å². The monoisotopic (exact) mass is 572 g/mol. The van der Waals surface area contributed by atoms with Crippen molar-refractivity contribution in [3.8, 4) is 17.2 Å². The number of aryl methyl sites for hydroxylation is 4. The van der Waals surface area contributed by atoms with Gasteiger partial charge in [-0.1, -0.05) is 36.4 Å². The molecule has 0 N–H and O–H groups in total. The first-order valence-corrected chi connectivity index (χ1v) is 15.4. The molecule has 0 bridgehead atoms. The van der Waals surface area contributed by atoms with Gasteiger partial charge >= 0.3 is 0 Å². The highest BCUT2D eigenvalue weighted by molar-refractivity contribution is 5.57. The van der Waals surface area contributed by atoms with Crippen molar-refractivity contribution in [2.24, 2.45) is 0 Å². The van der Waals surface area contributed by atoms with Crippen LogP contribution in [0.4, 0.5) is 0 Å². The van der Waals surface area contributed by atoms with E-state index in [2.05, 4.69) is 83.1 Å². The molecule has 3 aromatic carbocycles. The van der Waals surface area contributed by atoms with Crippen LogP contribution in [0, 0.1) is 27.7 Å². The van der Waals surface area contributed by atoms with Crippen molar-refractivity contribution in [1.29, 1.82) is 0 Å². The molecule has 3 fully saturated rings. The highest BCUT2D eigenvalue weighted by Gasteiger charge is 2.34. The lowest BCUT2D eigenvalue weighted by Crippen LogP contribution is -2.26. The Hall–Kier alpha value is -3.06. The quantitative estimate of drug-likeness (QED) is 0.148. The number of hydrogen-bond acceptors (Lipinski definition) is 6. The Morgan fingerprint density at radius 3 is 1.33 bits per heavy atom. The largest absolute Gasteiger partial charge is 0.493 e. The highest BCUT2D eigenvalue weighted by atomic mass is 16.6. The Morgan fingerprint density at radius 1 is 0.571 bits per heavy atom. The summed E-state index contributed by atoms with van der Waals surface area (Å²) in [6.45, 7) is 15.5. The van der Waals surface area contributed by atoms with E-state index in [1.165, 1.54) is 16.7 Å². The summed E-state index contributed by atoms with van der Waals surface area (Å²) in [6, 6.07) is 17.8. The van der Waals surface area contributed by atoms with Gasteiger partial charge in [-0.2, -0.15) is 0 Å². The second-order valence-corrected chi connectivity index (χ2v) is 12.3. The van der Waals surface area contributed by atoms with Crippen LogP contribution in [0.3, 0.4) is 0 Å². The standard InChI is InChI=1S/C36H44O6/c1-23-16-27(6-8-33(23)37-13-10-30-20-40-30)36(5,28-7-9-34(24(2)17-28)38-14-11-31-21-41-31)29-18-25(3)35(26(4)19-29)39-15-12-32-22-42-32/h6-9,16-19,30-32H,10-15,20-22H2,1-5H3. The number of rotatable bonds is 15. The number of ether oxygens (including phenoxy) is 6. The summed E-state index contributed by atoms with van der Waals surface area (Å²) in [6.07, 6.45) is 3.89. The molecular formula is C36H44O6. The van der Waals surface area contributed by atoms with Crippen molar-refractivity contribution in [3.05, 3.63) is 87.5 Å². The first kappa shape index (κ1) is 29.0. The normalized spacial score (nSPS) is 21.9. The number of benzene rings is 3. The molecule has 6 rings (SSSR count). The lowest BCUT2D eigenvalue weighted by Gasteiger charge is -2.34. The first-order valence-electron chi connectivity index (χ1n) is 15.4. The number of epoxide rings is 3. The van der Waals surface area contributed by atoms with Crippen LogP contribution < -0.4 is 14.2 Å². The molecule has 3 aliphatic heterocycles. The summed E-state index contributed by atoms with van der Waals surface area (Å²) >= 11 is 0. The maximum atomic E-state index is 6.25. The Labute approximate surface area is 250 Å². The molecule has 42 heavy (non-hydrogen) atoms. The third kappa shape index (κ3) is 6.77. The van der Waals surface area contributed by atoms with Crippen LogP contribution in [-0.4, -0.2) is 58.0 Å². The minimum absolute atomic E-state index is 0.364. The van der Waals surface area contributed by atoms with Crippen LogP contribution in [0.2, 0.25) is 0 Å². The van der Waals surface area contributed by atoms with Crippen LogP contribution >= 0.6 is 0 Å². The number of hydrogen-bond donors (Lipinski definition) is 0. The SMILES string of the molecule is Cc1cc(C(C)(c2ccc(OCCC3CO3)c(C)c2)c2cc(C)c(OCCC3CO3)c(C)c2)ccc1OCCC1CO1. The molecule has 3 aliphatic rings. The van der Waals surface area contributed by atoms with Gasteiger partial charge in [0.15, 0.2) is 0 Å². The molecule has 0 aromatic heterocycles. The minimum atomic E-state index is -0.411. The maximum absolute atomic E-state index is 6.25. The predicted octanol–water partition coefficient (Wildman–Crippen LogP) is 6.78. The van der Waals surface area contributed by atoms with Gasteiger partial charge in [-0.25, -0.2) is 0 Å². The zero-order valence-corrected chi connectivity index (χ0v) is 25.7. The fourth-order valence-electron chi connectivity index (χ4n) is 5.81. The molecule has 6 nitrogen and oxygen atoms in total. The molecule has 0 saturated carbocycles. The molecule has 0 amide bonds. The van der Waals surface area contributed by atoms with E-state index >= 15 is 0 Å². The predicted molar refractivity (Wildman–Crippen MR) is 163 cm³/mol. The second-order valence-electron chi connectivity index (χ2n) is 12.3. The zero-order chi connectivity index (χ0) is 29.3. The van der Waals surface area contributed by atoms with E-state index < -0.39 is 5.41 Å². The van der Waals surface area contributed by atoms with Gasteiger partial charge in [-0.05, 0) is 85.7 Å². The van der Waals surface area contributed by atoms with Gasteiger partial charge < -0.3 is 28.4 Å². The zero-order valence-electron chi connectivity index (χ0n) is 25.7. The molecule has 3 aromatic rings. The van der Waals surface area contributed by atoms with Gasteiger partial charge in [0.25, 0.3) is 0 Å². The van der Waals surface area contributed by atoms with E-state index in [1.807, 2.05) is 0 Å². The molecule has 6 heteroatoms. The van der Waals surface area contributed by atoms with E-state index in [0.29, 0.717) is 38.1 Å². The third-order valence-electron chi connectivity index (χ3n) is 8.83. The van der Waals surface area contributed by atoms with Crippen LogP contribution in [0.1, 0.15) is 65.1 Å². The molecule has 224 valence electrons. The fourth-order valence-corrected chi connectivity index (χ4v) is 5.81. The van der Waals surface area contributed by atoms with Gasteiger partial charge in [-0.3, -0.25) is 0 Å². The average molecular weight is 573 g/mol. The van der Waals surface area contributed by atoms with Gasteiger partial charge in [-0.15, -0.1) is 0 Å². The Balaban J connectivity index is 1.32. The van der Waals surface area contributed by atoms with Crippen molar-refractivity contribution in [3.63, 3.8) is 0 Å². The van der Waals surface area contributed by atoms with Gasteiger partial charge in [0.1, 0.15) is 17.2 Å². The topological polar surface area (TPSA) is 65.3 Å². The fraction of sp³-hybridized carbons (Fsp3) is 0.500. The highest BCUT2D eigenvalue weighted by Crippen LogP contribution is 2.43. The average Bonchev–Trinajstić information content (AvgIpc) is 3.81. The molecule has 3 saturated heterocycles. The first-order chi connectivity index (χ1) is 20.3. The Kier molecular flexibility index (Phi) is 8.49. The summed E-state index contributed by atoms with van der Waals surface area (Å²) in [7, 11) is 0. The molecule has 3 unspecified atom stereocenters. The van der Waals surface area contributed by atoms with Crippen molar-refractivity contribution in [2.75, 3.05) is 39.6 Å². The van der Waals surface area contributed by atoms with E-state index in [9.17, 15) is 0 Å². The molecule has 0 radical (unpaired) electrons. The molecule has 3 atom stereocenters. The lowest BCUT2D eigenvalue weighted by atomic mass is 9.70. The lowest BCUT2D eigenvalue weighted by molar-refractivity contribution is 0.280. The molecular weight excluding hydrogens is 528 g/mol. The van der Waals surface area contributed by atoms with Crippen molar-refractivity contribution < 1.29 is 28.4 Å². The summed E-state index contributed by atoms with van der Waals surface area (Å²) < 4.78 is 34.6. The summed E-state index contributed by atoms with van der Waals surface area (Å²) in [5.41, 5.74) is 7.80. The van der Waals surface area contributed by atoms with Gasteiger partial charge in [0.2, 0.25) is 0 Å². The van der Waals surface area contributed by atoms with Crippen LogP contribution in [0.15, 0.2) is 48.5 Å². The second kappa shape index (κ2) is 12.3. The van der Waals surface area contributed by atoms with Crippen LogP contribution in [0.25, 0.3) is 0 Å². The Morgan fingerprint density at radius 2 is 0.952 bits per heavy atom. The summed E-state index contributed by atoms with van der Waals surface area (Å²) in [5.74, 6) is 2.83. The molecule has 0 spiro atoms. The summed E-state index contributed by atoms with van der Waals surface area (Å²) in [4.78, 5) is 0. The smallest absolute Gasteiger partial charge is 0.125 e. The van der Waals surface area contributed by atoms with Crippen molar-refractivity contribution in [2.45, 2.75) is 77.6 Å². The Bertz CT molecular complexity index is 1310.